The third-order valence-electron chi connectivity index (χ3n) is 7.41. The second-order valence-electron chi connectivity index (χ2n) is 9.84. The van der Waals surface area contributed by atoms with Crippen molar-refractivity contribution in [3.63, 3.8) is 0 Å². The number of non-ortho nitro benzene ring substituents is 1. The first-order chi connectivity index (χ1) is 19.0. The first-order valence-electron chi connectivity index (χ1n) is 12.8. The minimum absolute atomic E-state index is 0.0109. The van der Waals surface area contributed by atoms with E-state index in [2.05, 4.69) is 10.6 Å². The van der Waals surface area contributed by atoms with Crippen LogP contribution in [0.25, 0.3) is 0 Å². The standard InChI is InChI=1S/C32H25N3O4/c36-29-19-24(20-7-3-1-4-8-20)18-28-30(29)31(21-11-14-25(15-12-21)35(38)39)34-26-16-13-23(17-27(26)33-28)32(37)22-9-5-2-6-10-22/h1-17,24,31,33-34H,18-19H2. The molecule has 2 atom stereocenters. The molecule has 2 unspecified atom stereocenters. The molecule has 0 spiro atoms. The average Bonchev–Trinajstić information content (AvgIpc) is 3.14. The third kappa shape index (κ3) is 4.70. The molecule has 192 valence electrons. The van der Waals surface area contributed by atoms with Crippen molar-refractivity contribution in [1.82, 2.24) is 0 Å². The van der Waals surface area contributed by atoms with Crippen LogP contribution < -0.4 is 10.6 Å². The maximum absolute atomic E-state index is 13.7. The maximum atomic E-state index is 13.7. The summed E-state index contributed by atoms with van der Waals surface area (Å²) < 4.78 is 0. The van der Waals surface area contributed by atoms with Gasteiger partial charge in [0.1, 0.15) is 0 Å². The molecule has 0 bridgehead atoms. The highest BCUT2D eigenvalue weighted by molar-refractivity contribution is 6.10. The topological polar surface area (TPSA) is 101 Å². The molecule has 0 saturated carbocycles. The molecule has 4 aromatic rings. The number of carbonyl (C=O) groups excluding carboxylic acids is 2. The van der Waals surface area contributed by atoms with Crippen molar-refractivity contribution in [2.45, 2.75) is 24.8 Å². The van der Waals surface area contributed by atoms with E-state index in [-0.39, 0.29) is 23.2 Å². The van der Waals surface area contributed by atoms with E-state index in [4.69, 9.17) is 0 Å². The number of hydrogen-bond donors (Lipinski definition) is 2. The fourth-order valence-corrected chi connectivity index (χ4v) is 5.44. The number of Topliss-reactive ketones (excluding diaryl/α,β-unsaturated/α-hetero) is 1. The number of carbonyl (C=O) groups is 2. The van der Waals surface area contributed by atoms with Gasteiger partial charge in [-0.25, -0.2) is 0 Å². The normalized spacial score (nSPS) is 18.2. The molecule has 0 fully saturated rings. The summed E-state index contributed by atoms with van der Waals surface area (Å²) in [5.41, 5.74) is 5.81. The summed E-state index contributed by atoms with van der Waals surface area (Å²) in [7, 11) is 0. The van der Waals surface area contributed by atoms with Crippen molar-refractivity contribution in [1.29, 1.82) is 0 Å². The number of benzene rings is 4. The maximum Gasteiger partial charge on any atom is 0.269 e. The lowest BCUT2D eigenvalue weighted by atomic mass is 9.78. The van der Waals surface area contributed by atoms with Crippen LogP contribution in [0.5, 0.6) is 0 Å². The van der Waals surface area contributed by atoms with Gasteiger partial charge in [0.15, 0.2) is 11.6 Å². The Morgan fingerprint density at radius 1 is 0.769 bits per heavy atom. The summed E-state index contributed by atoms with van der Waals surface area (Å²) in [6, 6.07) is 30.3. The highest BCUT2D eigenvalue weighted by atomic mass is 16.6. The number of rotatable bonds is 5. The van der Waals surface area contributed by atoms with Crippen molar-refractivity contribution >= 4 is 28.6 Å². The summed E-state index contributed by atoms with van der Waals surface area (Å²) >= 11 is 0. The number of nitrogens with zero attached hydrogens (tertiary/aromatic N) is 1. The summed E-state index contributed by atoms with van der Waals surface area (Å²) in [4.78, 5) is 37.7. The zero-order valence-electron chi connectivity index (χ0n) is 21.0. The van der Waals surface area contributed by atoms with E-state index >= 15 is 0 Å². The largest absolute Gasteiger partial charge is 0.372 e. The number of nitro groups is 1. The van der Waals surface area contributed by atoms with Crippen LogP contribution in [0.1, 0.15) is 51.8 Å². The molecular formula is C32H25N3O4. The lowest BCUT2D eigenvalue weighted by Crippen LogP contribution is -2.26. The van der Waals surface area contributed by atoms with E-state index in [1.165, 1.54) is 12.1 Å². The van der Waals surface area contributed by atoms with Gasteiger partial charge in [0, 0.05) is 41.0 Å². The molecule has 4 aromatic carbocycles. The Bertz CT molecular complexity index is 1610. The Kier molecular flexibility index (Phi) is 6.25. The van der Waals surface area contributed by atoms with Gasteiger partial charge < -0.3 is 10.6 Å². The monoisotopic (exact) mass is 515 g/mol. The molecule has 0 amide bonds. The van der Waals surface area contributed by atoms with Crippen LogP contribution in [0.15, 0.2) is 114 Å². The molecule has 0 radical (unpaired) electrons. The van der Waals surface area contributed by atoms with Crippen LogP contribution in [0, 0.1) is 10.1 Å². The van der Waals surface area contributed by atoms with Crippen molar-refractivity contribution in [3.05, 3.63) is 147 Å². The van der Waals surface area contributed by atoms with Gasteiger partial charge in [-0.15, -0.1) is 0 Å². The molecule has 1 aliphatic heterocycles. The van der Waals surface area contributed by atoms with Crippen LogP contribution in [0.4, 0.5) is 17.1 Å². The van der Waals surface area contributed by atoms with Crippen LogP contribution >= 0.6 is 0 Å². The fraction of sp³-hybridized carbons (Fsp3) is 0.125. The number of fused-ring (bicyclic) bond motifs is 1. The summed E-state index contributed by atoms with van der Waals surface area (Å²) in [5, 5.41) is 18.2. The Morgan fingerprint density at radius 2 is 1.46 bits per heavy atom. The van der Waals surface area contributed by atoms with Gasteiger partial charge in [-0.3, -0.25) is 19.7 Å². The Hall–Kier alpha value is -5.04. The molecule has 2 aliphatic rings. The molecular weight excluding hydrogens is 490 g/mol. The molecule has 39 heavy (non-hydrogen) atoms. The van der Waals surface area contributed by atoms with E-state index in [1.807, 2.05) is 60.7 Å². The number of hydrogen-bond acceptors (Lipinski definition) is 6. The lowest BCUT2D eigenvalue weighted by Gasteiger charge is -2.30. The first-order valence-corrected chi connectivity index (χ1v) is 12.8. The van der Waals surface area contributed by atoms with Gasteiger partial charge in [-0.1, -0.05) is 60.7 Å². The summed E-state index contributed by atoms with van der Waals surface area (Å²) in [6.07, 6.45) is 0.982. The Labute approximate surface area is 225 Å². The number of nitrogens with one attached hydrogen (secondary N) is 2. The van der Waals surface area contributed by atoms with Gasteiger partial charge >= 0.3 is 0 Å². The van der Waals surface area contributed by atoms with Crippen molar-refractivity contribution < 1.29 is 14.5 Å². The van der Waals surface area contributed by atoms with E-state index in [1.54, 1.807) is 30.3 Å². The molecule has 2 N–H and O–H groups in total. The molecule has 1 heterocycles. The molecule has 7 heteroatoms. The first kappa shape index (κ1) is 24.3. The minimum Gasteiger partial charge on any atom is -0.372 e. The third-order valence-corrected chi connectivity index (χ3v) is 7.41. The second kappa shape index (κ2) is 10.0. The predicted octanol–water partition coefficient (Wildman–Crippen LogP) is 6.81. The van der Waals surface area contributed by atoms with Gasteiger partial charge in [0.2, 0.25) is 0 Å². The molecule has 1 aliphatic carbocycles. The number of nitro benzene ring substituents is 1. The van der Waals surface area contributed by atoms with Gasteiger partial charge in [0.05, 0.1) is 22.3 Å². The number of ketones is 2. The Morgan fingerprint density at radius 3 is 2.15 bits per heavy atom. The van der Waals surface area contributed by atoms with E-state index in [0.717, 1.165) is 22.5 Å². The zero-order chi connectivity index (χ0) is 26.9. The van der Waals surface area contributed by atoms with Gasteiger partial charge in [0.25, 0.3) is 5.69 Å². The van der Waals surface area contributed by atoms with E-state index < -0.39 is 11.0 Å². The van der Waals surface area contributed by atoms with Crippen LogP contribution in [0.2, 0.25) is 0 Å². The summed E-state index contributed by atoms with van der Waals surface area (Å²) in [5.74, 6) is -0.0626. The highest BCUT2D eigenvalue weighted by Crippen LogP contribution is 2.44. The van der Waals surface area contributed by atoms with Crippen molar-refractivity contribution in [2.24, 2.45) is 0 Å². The van der Waals surface area contributed by atoms with E-state index in [0.29, 0.717) is 35.2 Å². The minimum atomic E-state index is -0.505. The van der Waals surface area contributed by atoms with Crippen molar-refractivity contribution in [3.8, 4) is 0 Å². The summed E-state index contributed by atoms with van der Waals surface area (Å²) in [6.45, 7) is 0. The SMILES string of the molecule is O=C1CC(c2ccccc2)CC2=C1C(c1ccc([N+](=O)[O-])cc1)Nc1ccc(C(=O)c3ccccc3)cc1N2. The molecule has 6 rings (SSSR count). The second-order valence-corrected chi connectivity index (χ2v) is 9.84. The fourth-order valence-electron chi connectivity index (χ4n) is 5.44. The number of allylic oxidation sites excluding steroid dienone is 1. The van der Waals surface area contributed by atoms with E-state index in [9.17, 15) is 19.7 Å². The molecule has 0 saturated heterocycles. The zero-order valence-corrected chi connectivity index (χ0v) is 21.0. The van der Waals surface area contributed by atoms with Crippen molar-refractivity contribution in [2.75, 3.05) is 10.6 Å². The van der Waals surface area contributed by atoms with Crippen LogP contribution in [-0.4, -0.2) is 16.5 Å². The van der Waals surface area contributed by atoms with Gasteiger partial charge in [-0.05, 0) is 53.8 Å². The quantitative estimate of drug-likeness (QED) is 0.172. The lowest BCUT2D eigenvalue weighted by molar-refractivity contribution is -0.384. The van der Waals surface area contributed by atoms with Crippen LogP contribution in [0.3, 0.4) is 0 Å². The smallest absolute Gasteiger partial charge is 0.269 e. The average molecular weight is 516 g/mol. The van der Waals surface area contributed by atoms with Gasteiger partial charge in [-0.2, -0.15) is 0 Å². The molecule has 7 nitrogen and oxygen atoms in total. The number of anilines is 2. The predicted molar refractivity (Wildman–Crippen MR) is 150 cm³/mol. The molecule has 0 aromatic heterocycles. The highest BCUT2D eigenvalue weighted by Gasteiger charge is 2.36. The van der Waals surface area contributed by atoms with Crippen LogP contribution in [-0.2, 0) is 4.79 Å². The Balaban J connectivity index is 1.44.